The van der Waals surface area contributed by atoms with E-state index in [0.717, 1.165) is 31.0 Å². The fraction of sp³-hybridized carbons (Fsp3) is 0.647. The van der Waals surface area contributed by atoms with E-state index in [-0.39, 0.29) is 6.10 Å². The molecule has 1 aromatic carbocycles. The number of hydrogen-bond donors (Lipinski definition) is 1. The van der Waals surface area contributed by atoms with Gasteiger partial charge in [-0.3, -0.25) is 0 Å². The first kappa shape index (κ1) is 15.3. The van der Waals surface area contributed by atoms with Crippen LogP contribution in [0.15, 0.2) is 24.3 Å². The first-order valence-corrected chi connectivity index (χ1v) is 7.78. The summed E-state index contributed by atoms with van der Waals surface area (Å²) in [6.07, 6.45) is 3.00. The van der Waals surface area contributed by atoms with Crippen LogP contribution in [0.25, 0.3) is 0 Å². The Balaban J connectivity index is 1.90. The number of nitrogens with zero attached hydrogens (tertiary/aromatic N) is 2. The van der Waals surface area contributed by atoms with E-state index in [1.165, 1.54) is 25.1 Å². The Bertz CT molecular complexity index is 394. The van der Waals surface area contributed by atoms with Gasteiger partial charge in [-0.2, -0.15) is 0 Å². The summed E-state index contributed by atoms with van der Waals surface area (Å²) >= 11 is 0. The largest absolute Gasteiger partial charge is 0.388 e. The molecular formula is C17H28N2O. The molecule has 1 saturated heterocycles. The summed E-state index contributed by atoms with van der Waals surface area (Å²) in [6, 6.07) is 8.44. The minimum Gasteiger partial charge on any atom is -0.388 e. The average molecular weight is 276 g/mol. The molecule has 1 aliphatic heterocycles. The van der Waals surface area contributed by atoms with Crippen LogP contribution in [-0.2, 0) is 0 Å². The zero-order chi connectivity index (χ0) is 14.5. The lowest BCUT2D eigenvalue weighted by molar-refractivity contribution is 0.173. The summed E-state index contributed by atoms with van der Waals surface area (Å²) < 4.78 is 0. The van der Waals surface area contributed by atoms with E-state index in [0.29, 0.717) is 0 Å². The van der Waals surface area contributed by atoms with E-state index >= 15 is 0 Å². The molecule has 20 heavy (non-hydrogen) atoms. The lowest BCUT2D eigenvalue weighted by Gasteiger charge is -2.34. The molecule has 1 fully saturated rings. The highest BCUT2D eigenvalue weighted by Gasteiger charge is 2.19. The number of anilines is 1. The van der Waals surface area contributed by atoms with Gasteiger partial charge in [0.05, 0.1) is 6.10 Å². The van der Waals surface area contributed by atoms with Crippen LogP contribution in [0.3, 0.4) is 0 Å². The van der Waals surface area contributed by atoms with Crippen molar-refractivity contribution in [2.24, 2.45) is 5.92 Å². The number of aliphatic hydroxyl groups is 1. The minimum absolute atomic E-state index is 0.324. The van der Waals surface area contributed by atoms with Gasteiger partial charge >= 0.3 is 0 Å². The molecule has 3 heteroatoms. The van der Waals surface area contributed by atoms with Gasteiger partial charge in [0.25, 0.3) is 0 Å². The standard InChI is InChI=1S/C17H28N2O/c1-4-17(20)15-5-7-16(8-6-15)19-11-9-14(10-12-19)13-18(2)3/h5-8,14,17,20H,4,9-13H2,1-3H3/t17-/m1/s1. The first-order chi connectivity index (χ1) is 9.60. The summed E-state index contributed by atoms with van der Waals surface area (Å²) in [4.78, 5) is 4.76. The van der Waals surface area contributed by atoms with Crippen LogP contribution in [0, 0.1) is 5.92 Å². The van der Waals surface area contributed by atoms with Crippen LogP contribution in [0.5, 0.6) is 0 Å². The maximum Gasteiger partial charge on any atom is 0.0787 e. The Labute approximate surface area is 123 Å². The molecule has 112 valence electrons. The van der Waals surface area contributed by atoms with Gasteiger partial charge in [-0.25, -0.2) is 0 Å². The van der Waals surface area contributed by atoms with Crippen molar-refractivity contribution in [3.63, 3.8) is 0 Å². The van der Waals surface area contributed by atoms with E-state index < -0.39 is 0 Å². The first-order valence-electron chi connectivity index (χ1n) is 7.78. The molecule has 1 aliphatic rings. The smallest absolute Gasteiger partial charge is 0.0787 e. The summed E-state index contributed by atoms with van der Waals surface area (Å²) in [5, 5.41) is 9.83. The second kappa shape index (κ2) is 7.09. The van der Waals surface area contributed by atoms with Gasteiger partial charge in [0, 0.05) is 25.3 Å². The van der Waals surface area contributed by atoms with E-state index in [4.69, 9.17) is 0 Å². The van der Waals surface area contributed by atoms with Crippen LogP contribution in [0.4, 0.5) is 5.69 Å². The van der Waals surface area contributed by atoms with Crippen LogP contribution >= 0.6 is 0 Å². The topological polar surface area (TPSA) is 26.7 Å². The molecule has 1 aromatic rings. The molecule has 0 unspecified atom stereocenters. The van der Waals surface area contributed by atoms with Crippen molar-refractivity contribution >= 4 is 5.69 Å². The van der Waals surface area contributed by atoms with Crippen molar-refractivity contribution in [1.82, 2.24) is 4.90 Å². The third kappa shape index (κ3) is 3.97. The quantitative estimate of drug-likeness (QED) is 0.896. The molecule has 0 radical (unpaired) electrons. The van der Waals surface area contributed by atoms with Crippen LogP contribution in [0.2, 0.25) is 0 Å². The number of aliphatic hydroxyl groups excluding tert-OH is 1. The molecule has 0 amide bonds. The molecule has 0 aromatic heterocycles. The van der Waals surface area contributed by atoms with Crippen molar-refractivity contribution in [3.05, 3.63) is 29.8 Å². The molecule has 2 rings (SSSR count). The Morgan fingerprint density at radius 1 is 1.20 bits per heavy atom. The van der Waals surface area contributed by atoms with Gasteiger partial charge in [-0.05, 0) is 57.0 Å². The zero-order valence-corrected chi connectivity index (χ0v) is 13.0. The van der Waals surface area contributed by atoms with E-state index in [9.17, 15) is 5.11 Å². The average Bonchev–Trinajstić information content (AvgIpc) is 2.47. The van der Waals surface area contributed by atoms with Crippen molar-refractivity contribution < 1.29 is 5.11 Å². The monoisotopic (exact) mass is 276 g/mol. The van der Waals surface area contributed by atoms with E-state index in [1.54, 1.807) is 0 Å². The van der Waals surface area contributed by atoms with Gasteiger partial charge in [0.15, 0.2) is 0 Å². The highest BCUT2D eigenvalue weighted by Crippen LogP contribution is 2.25. The van der Waals surface area contributed by atoms with Gasteiger partial charge in [0.1, 0.15) is 0 Å². The maximum atomic E-state index is 9.83. The summed E-state index contributed by atoms with van der Waals surface area (Å²) in [5.41, 5.74) is 2.32. The minimum atomic E-state index is -0.324. The van der Waals surface area contributed by atoms with E-state index in [2.05, 4.69) is 48.2 Å². The molecule has 0 bridgehead atoms. The lowest BCUT2D eigenvalue weighted by atomic mass is 9.96. The molecule has 0 spiro atoms. The SMILES string of the molecule is CC[C@@H](O)c1ccc(N2CCC(CN(C)C)CC2)cc1. The second-order valence-electron chi connectivity index (χ2n) is 6.21. The van der Waals surface area contributed by atoms with Crippen LogP contribution in [-0.4, -0.2) is 43.7 Å². The van der Waals surface area contributed by atoms with E-state index in [1.807, 2.05) is 6.92 Å². The lowest BCUT2D eigenvalue weighted by Crippen LogP contribution is -2.37. The number of benzene rings is 1. The van der Waals surface area contributed by atoms with Gasteiger partial charge in [-0.1, -0.05) is 19.1 Å². The van der Waals surface area contributed by atoms with Crippen LogP contribution in [0.1, 0.15) is 37.9 Å². The second-order valence-corrected chi connectivity index (χ2v) is 6.21. The fourth-order valence-electron chi connectivity index (χ4n) is 3.03. The Hall–Kier alpha value is -1.06. The van der Waals surface area contributed by atoms with Crippen molar-refractivity contribution in [2.75, 3.05) is 38.6 Å². The molecule has 0 saturated carbocycles. The third-order valence-electron chi connectivity index (χ3n) is 4.27. The van der Waals surface area contributed by atoms with Gasteiger partial charge in [0.2, 0.25) is 0 Å². The fourth-order valence-corrected chi connectivity index (χ4v) is 3.03. The highest BCUT2D eigenvalue weighted by atomic mass is 16.3. The van der Waals surface area contributed by atoms with Crippen molar-refractivity contribution in [2.45, 2.75) is 32.3 Å². The van der Waals surface area contributed by atoms with Crippen LogP contribution < -0.4 is 4.90 Å². The predicted octanol–water partition coefficient (Wildman–Crippen LogP) is 2.91. The zero-order valence-electron chi connectivity index (χ0n) is 13.0. The Morgan fingerprint density at radius 3 is 2.30 bits per heavy atom. The number of piperidine rings is 1. The Morgan fingerprint density at radius 2 is 1.80 bits per heavy atom. The molecule has 1 N–H and O–H groups in total. The van der Waals surface area contributed by atoms with Gasteiger partial charge in [-0.15, -0.1) is 0 Å². The third-order valence-corrected chi connectivity index (χ3v) is 4.27. The predicted molar refractivity (Wildman–Crippen MR) is 85.2 cm³/mol. The van der Waals surface area contributed by atoms with Crippen molar-refractivity contribution in [1.29, 1.82) is 0 Å². The number of hydrogen-bond acceptors (Lipinski definition) is 3. The van der Waals surface area contributed by atoms with Gasteiger partial charge < -0.3 is 14.9 Å². The molecule has 3 nitrogen and oxygen atoms in total. The summed E-state index contributed by atoms with van der Waals surface area (Å²) in [5.74, 6) is 0.836. The normalized spacial score (nSPS) is 18.6. The Kier molecular flexibility index (Phi) is 5.44. The summed E-state index contributed by atoms with van der Waals surface area (Å²) in [6.45, 7) is 5.51. The molecular weight excluding hydrogens is 248 g/mol. The number of rotatable bonds is 5. The van der Waals surface area contributed by atoms with Crippen molar-refractivity contribution in [3.8, 4) is 0 Å². The maximum absolute atomic E-state index is 9.83. The molecule has 1 heterocycles. The molecule has 0 aliphatic carbocycles. The highest BCUT2D eigenvalue weighted by molar-refractivity contribution is 5.48. The molecule has 1 atom stereocenters. The summed E-state index contributed by atoms with van der Waals surface area (Å²) in [7, 11) is 4.31.